The summed E-state index contributed by atoms with van der Waals surface area (Å²) in [5.41, 5.74) is 7.37. The summed E-state index contributed by atoms with van der Waals surface area (Å²) in [5.74, 6) is 1.06. The topological polar surface area (TPSA) is 63.2 Å². The Balaban J connectivity index is 1.52. The van der Waals surface area contributed by atoms with Gasteiger partial charge in [-0.05, 0) is 12.1 Å². The van der Waals surface area contributed by atoms with Gasteiger partial charge >= 0.3 is 0 Å². The molecule has 0 radical (unpaired) electrons. The highest BCUT2D eigenvalue weighted by Crippen LogP contribution is 2.15. The Labute approximate surface area is 125 Å². The minimum absolute atomic E-state index is 0.0279. The van der Waals surface area contributed by atoms with Crippen molar-refractivity contribution in [2.24, 2.45) is 12.8 Å². The van der Waals surface area contributed by atoms with Crippen LogP contribution in [0.1, 0.15) is 11.6 Å². The van der Waals surface area contributed by atoms with E-state index >= 15 is 0 Å². The third-order valence-corrected chi connectivity index (χ3v) is 3.95. The Kier molecular flexibility index (Phi) is 4.17. The zero-order chi connectivity index (χ0) is 14.7. The number of aromatic nitrogens is 3. The van der Waals surface area contributed by atoms with Crippen molar-refractivity contribution in [1.82, 2.24) is 19.7 Å². The van der Waals surface area contributed by atoms with Crippen LogP contribution in [0.15, 0.2) is 36.8 Å². The number of anilines is 1. The van der Waals surface area contributed by atoms with Gasteiger partial charge in [0.05, 0.1) is 6.20 Å². The van der Waals surface area contributed by atoms with Crippen LogP contribution in [0.5, 0.6) is 0 Å². The van der Waals surface area contributed by atoms with E-state index < -0.39 is 0 Å². The minimum Gasteiger partial charge on any atom is -0.354 e. The minimum atomic E-state index is 0.0279. The fourth-order valence-corrected chi connectivity index (χ4v) is 2.72. The first-order valence-electron chi connectivity index (χ1n) is 7.35. The summed E-state index contributed by atoms with van der Waals surface area (Å²) in [4.78, 5) is 9.15. The van der Waals surface area contributed by atoms with E-state index in [-0.39, 0.29) is 6.04 Å². The van der Waals surface area contributed by atoms with Gasteiger partial charge in [0.1, 0.15) is 5.82 Å². The summed E-state index contributed by atoms with van der Waals surface area (Å²) in [6, 6.07) is 6.08. The van der Waals surface area contributed by atoms with E-state index in [1.54, 1.807) is 4.68 Å². The highest BCUT2D eigenvalue weighted by molar-refractivity contribution is 5.38. The molecule has 6 nitrogen and oxygen atoms in total. The molecule has 0 amide bonds. The predicted octanol–water partition coefficient (Wildman–Crippen LogP) is 0.637. The van der Waals surface area contributed by atoms with E-state index in [2.05, 4.69) is 25.9 Å². The van der Waals surface area contributed by atoms with E-state index in [0.29, 0.717) is 0 Å². The van der Waals surface area contributed by atoms with Gasteiger partial charge in [0.25, 0.3) is 0 Å². The van der Waals surface area contributed by atoms with Crippen molar-refractivity contribution >= 4 is 5.82 Å². The number of piperazine rings is 1. The van der Waals surface area contributed by atoms with Gasteiger partial charge in [0, 0.05) is 63.8 Å². The number of nitrogens with two attached hydrogens (primary N) is 1. The zero-order valence-electron chi connectivity index (χ0n) is 12.4. The first-order valence-corrected chi connectivity index (χ1v) is 7.35. The summed E-state index contributed by atoms with van der Waals surface area (Å²) >= 11 is 0. The number of rotatable bonds is 4. The van der Waals surface area contributed by atoms with Gasteiger partial charge in [-0.25, -0.2) is 4.98 Å². The number of aryl methyl sites for hydroxylation is 1. The fourth-order valence-electron chi connectivity index (χ4n) is 2.72. The molecule has 1 unspecified atom stereocenters. The van der Waals surface area contributed by atoms with Crippen LogP contribution in [0.4, 0.5) is 5.82 Å². The summed E-state index contributed by atoms with van der Waals surface area (Å²) in [7, 11) is 1.92. The molecular weight excluding hydrogens is 264 g/mol. The second-order valence-electron chi connectivity index (χ2n) is 5.53. The van der Waals surface area contributed by atoms with Gasteiger partial charge in [-0.2, -0.15) is 5.10 Å². The largest absolute Gasteiger partial charge is 0.354 e. The molecule has 1 atom stereocenters. The average molecular weight is 286 g/mol. The van der Waals surface area contributed by atoms with E-state index in [1.807, 2.05) is 37.8 Å². The van der Waals surface area contributed by atoms with Gasteiger partial charge < -0.3 is 10.6 Å². The van der Waals surface area contributed by atoms with E-state index in [0.717, 1.165) is 44.1 Å². The first kappa shape index (κ1) is 14.0. The molecule has 3 rings (SSSR count). The summed E-state index contributed by atoms with van der Waals surface area (Å²) in [6.07, 6.45) is 5.70. The molecule has 3 heterocycles. The van der Waals surface area contributed by atoms with Gasteiger partial charge in [-0.3, -0.25) is 9.58 Å². The zero-order valence-corrected chi connectivity index (χ0v) is 12.4. The molecule has 2 aromatic heterocycles. The molecule has 0 aromatic carbocycles. The Morgan fingerprint density at radius 3 is 2.67 bits per heavy atom. The summed E-state index contributed by atoms with van der Waals surface area (Å²) in [5, 5.41) is 4.18. The van der Waals surface area contributed by atoms with Crippen molar-refractivity contribution in [3.05, 3.63) is 42.4 Å². The molecule has 1 saturated heterocycles. The smallest absolute Gasteiger partial charge is 0.128 e. The van der Waals surface area contributed by atoms with Gasteiger partial charge in [-0.1, -0.05) is 6.07 Å². The Bertz CT molecular complexity index is 559. The molecule has 0 aliphatic carbocycles. The lowest BCUT2D eigenvalue weighted by molar-refractivity contribution is 0.243. The molecule has 21 heavy (non-hydrogen) atoms. The molecule has 1 aliphatic heterocycles. The Morgan fingerprint density at radius 2 is 2.05 bits per heavy atom. The maximum absolute atomic E-state index is 6.26. The van der Waals surface area contributed by atoms with Crippen molar-refractivity contribution in [3.63, 3.8) is 0 Å². The third-order valence-electron chi connectivity index (χ3n) is 3.95. The monoisotopic (exact) mass is 286 g/mol. The standard InChI is InChI=1S/C15H22N6/c1-19-11-13(10-18-19)14(16)12-20-6-8-21(9-7-20)15-4-2-3-5-17-15/h2-5,10-11,14H,6-9,12,16H2,1H3. The van der Waals surface area contributed by atoms with Crippen LogP contribution in [-0.4, -0.2) is 52.4 Å². The van der Waals surface area contributed by atoms with Crippen LogP contribution in [-0.2, 0) is 7.05 Å². The van der Waals surface area contributed by atoms with Crippen molar-refractivity contribution in [2.45, 2.75) is 6.04 Å². The number of hydrogen-bond donors (Lipinski definition) is 1. The SMILES string of the molecule is Cn1cc(C(N)CN2CCN(c3ccccn3)CC2)cn1. The predicted molar refractivity (Wildman–Crippen MR) is 83.0 cm³/mol. The van der Waals surface area contributed by atoms with Crippen LogP contribution < -0.4 is 10.6 Å². The number of nitrogens with zero attached hydrogens (tertiary/aromatic N) is 5. The van der Waals surface area contributed by atoms with E-state index in [1.165, 1.54) is 0 Å². The van der Waals surface area contributed by atoms with Gasteiger partial charge in [0.2, 0.25) is 0 Å². The molecule has 0 saturated carbocycles. The highest BCUT2D eigenvalue weighted by Gasteiger charge is 2.20. The molecular formula is C15H22N6. The van der Waals surface area contributed by atoms with Gasteiger partial charge in [0.15, 0.2) is 0 Å². The molecule has 2 N–H and O–H groups in total. The third kappa shape index (κ3) is 3.40. The number of hydrogen-bond acceptors (Lipinski definition) is 5. The maximum Gasteiger partial charge on any atom is 0.128 e. The summed E-state index contributed by atoms with van der Waals surface area (Å²) in [6.45, 7) is 4.91. The van der Waals surface area contributed by atoms with E-state index in [9.17, 15) is 0 Å². The Morgan fingerprint density at radius 1 is 1.24 bits per heavy atom. The molecule has 0 spiro atoms. The van der Waals surface area contributed by atoms with Crippen molar-refractivity contribution in [1.29, 1.82) is 0 Å². The van der Waals surface area contributed by atoms with Crippen LogP contribution in [0.3, 0.4) is 0 Å². The highest BCUT2D eigenvalue weighted by atomic mass is 15.3. The first-order chi connectivity index (χ1) is 10.2. The second kappa shape index (κ2) is 6.24. The lowest BCUT2D eigenvalue weighted by Crippen LogP contribution is -2.48. The number of pyridine rings is 1. The van der Waals surface area contributed by atoms with Crippen LogP contribution in [0.2, 0.25) is 0 Å². The normalized spacial score (nSPS) is 17.9. The van der Waals surface area contributed by atoms with Crippen molar-refractivity contribution in [2.75, 3.05) is 37.6 Å². The summed E-state index contributed by atoms with van der Waals surface area (Å²) < 4.78 is 1.80. The van der Waals surface area contributed by atoms with Crippen LogP contribution in [0.25, 0.3) is 0 Å². The molecule has 1 fully saturated rings. The lowest BCUT2D eigenvalue weighted by Gasteiger charge is -2.36. The molecule has 2 aromatic rings. The maximum atomic E-state index is 6.26. The van der Waals surface area contributed by atoms with Crippen molar-refractivity contribution in [3.8, 4) is 0 Å². The fraction of sp³-hybridized carbons (Fsp3) is 0.467. The van der Waals surface area contributed by atoms with Gasteiger partial charge in [-0.15, -0.1) is 0 Å². The van der Waals surface area contributed by atoms with Crippen molar-refractivity contribution < 1.29 is 0 Å². The molecule has 0 bridgehead atoms. The van der Waals surface area contributed by atoms with E-state index in [4.69, 9.17) is 5.73 Å². The second-order valence-corrected chi connectivity index (χ2v) is 5.53. The van der Waals surface area contributed by atoms with Crippen LogP contribution >= 0.6 is 0 Å². The quantitative estimate of drug-likeness (QED) is 0.893. The molecule has 6 heteroatoms. The average Bonchev–Trinajstić information content (AvgIpc) is 2.96. The molecule has 1 aliphatic rings. The Hall–Kier alpha value is -1.92. The van der Waals surface area contributed by atoms with Crippen LogP contribution in [0, 0.1) is 0 Å². The lowest BCUT2D eigenvalue weighted by atomic mass is 10.1. The molecule has 112 valence electrons.